The van der Waals surface area contributed by atoms with Gasteiger partial charge in [0.2, 0.25) is 0 Å². The number of carboxylic acid groups (broad SMARTS) is 1. The van der Waals surface area contributed by atoms with E-state index in [9.17, 15) is 4.79 Å². The second-order valence-electron chi connectivity index (χ2n) is 2.76. The van der Waals surface area contributed by atoms with Gasteiger partial charge in [-0.3, -0.25) is 4.79 Å². The summed E-state index contributed by atoms with van der Waals surface area (Å²) in [5, 5.41) is 9.30. The molecule has 1 aromatic rings. The number of hydrogen-bond acceptors (Lipinski definition) is 3. The Bertz CT molecular complexity index is 285. The van der Waals surface area contributed by atoms with Crippen LogP contribution in [0, 0.1) is 0 Å². The Kier molecular flexibility index (Phi) is 3.42. The number of hydrogen-bond donors (Lipinski definition) is 1. The Morgan fingerprint density at radius 2 is 2.15 bits per heavy atom. The van der Waals surface area contributed by atoms with Crippen molar-refractivity contribution >= 4 is 17.3 Å². The van der Waals surface area contributed by atoms with Crippen LogP contribution in [0.5, 0.6) is 0 Å². The van der Waals surface area contributed by atoms with Crippen LogP contribution in [0.1, 0.15) is 29.4 Å². The highest BCUT2D eigenvalue weighted by atomic mass is 32.1. The van der Waals surface area contributed by atoms with E-state index >= 15 is 0 Å². The smallest absolute Gasteiger partial charge is 0.310 e. The standard InChI is InChI=1S/C9H13NO2S/c1-3-6-7(4-2)13-8(10-6)5-9(11)12/h3-5H2,1-2H3,(H,11,12). The van der Waals surface area contributed by atoms with Gasteiger partial charge in [0.25, 0.3) is 0 Å². The van der Waals surface area contributed by atoms with Gasteiger partial charge in [-0.25, -0.2) is 4.98 Å². The molecule has 0 atom stereocenters. The second kappa shape index (κ2) is 4.37. The zero-order valence-electron chi connectivity index (χ0n) is 7.83. The minimum atomic E-state index is -0.806. The van der Waals surface area contributed by atoms with Crippen molar-refractivity contribution in [2.24, 2.45) is 0 Å². The zero-order valence-corrected chi connectivity index (χ0v) is 8.65. The van der Waals surface area contributed by atoms with Crippen LogP contribution in [-0.4, -0.2) is 16.1 Å². The van der Waals surface area contributed by atoms with E-state index in [1.165, 1.54) is 16.2 Å². The largest absolute Gasteiger partial charge is 0.481 e. The highest BCUT2D eigenvalue weighted by Crippen LogP contribution is 2.20. The van der Waals surface area contributed by atoms with Crippen molar-refractivity contribution in [3.63, 3.8) is 0 Å². The molecule has 1 heterocycles. The number of thiazole rings is 1. The lowest BCUT2D eigenvalue weighted by atomic mass is 10.2. The molecule has 0 aliphatic carbocycles. The van der Waals surface area contributed by atoms with E-state index in [-0.39, 0.29) is 6.42 Å². The lowest BCUT2D eigenvalue weighted by Gasteiger charge is -1.91. The zero-order chi connectivity index (χ0) is 9.84. The summed E-state index contributed by atoms with van der Waals surface area (Å²) in [6, 6.07) is 0. The van der Waals surface area contributed by atoms with E-state index < -0.39 is 5.97 Å². The predicted molar refractivity (Wildman–Crippen MR) is 52.2 cm³/mol. The van der Waals surface area contributed by atoms with Crippen LogP contribution in [0.15, 0.2) is 0 Å². The number of aromatic nitrogens is 1. The Morgan fingerprint density at radius 1 is 1.46 bits per heavy atom. The minimum Gasteiger partial charge on any atom is -0.481 e. The maximum atomic E-state index is 10.4. The number of carbonyl (C=O) groups is 1. The predicted octanol–water partition coefficient (Wildman–Crippen LogP) is 1.90. The summed E-state index contributed by atoms with van der Waals surface area (Å²) in [4.78, 5) is 15.9. The summed E-state index contributed by atoms with van der Waals surface area (Å²) in [5.74, 6) is -0.806. The topological polar surface area (TPSA) is 50.2 Å². The molecule has 0 amide bonds. The van der Waals surface area contributed by atoms with E-state index in [1.807, 2.05) is 6.92 Å². The third kappa shape index (κ3) is 2.52. The molecule has 0 unspecified atom stereocenters. The van der Waals surface area contributed by atoms with Crippen molar-refractivity contribution in [1.82, 2.24) is 4.98 Å². The Hall–Kier alpha value is -0.900. The normalized spacial score (nSPS) is 10.3. The van der Waals surface area contributed by atoms with Gasteiger partial charge in [0, 0.05) is 4.88 Å². The van der Waals surface area contributed by atoms with Gasteiger partial charge in [0.1, 0.15) is 5.01 Å². The van der Waals surface area contributed by atoms with Crippen LogP contribution in [0.4, 0.5) is 0 Å². The van der Waals surface area contributed by atoms with Crippen LogP contribution >= 0.6 is 11.3 Å². The average molecular weight is 199 g/mol. The molecule has 1 aromatic heterocycles. The van der Waals surface area contributed by atoms with Gasteiger partial charge in [0.15, 0.2) is 0 Å². The summed E-state index contributed by atoms with van der Waals surface area (Å²) in [7, 11) is 0. The minimum absolute atomic E-state index is 0.0532. The molecular formula is C9H13NO2S. The van der Waals surface area contributed by atoms with E-state index in [0.717, 1.165) is 23.5 Å². The van der Waals surface area contributed by atoms with Crippen molar-refractivity contribution in [2.45, 2.75) is 33.1 Å². The summed E-state index contributed by atoms with van der Waals surface area (Å²) >= 11 is 1.52. The molecule has 72 valence electrons. The summed E-state index contributed by atoms with van der Waals surface area (Å²) in [6.07, 6.45) is 1.89. The molecule has 0 bridgehead atoms. The van der Waals surface area contributed by atoms with E-state index in [0.29, 0.717) is 0 Å². The summed E-state index contributed by atoms with van der Waals surface area (Å²) in [5.41, 5.74) is 1.06. The molecule has 3 nitrogen and oxygen atoms in total. The van der Waals surface area contributed by atoms with E-state index in [2.05, 4.69) is 11.9 Å². The highest BCUT2D eigenvalue weighted by Gasteiger charge is 2.10. The number of aliphatic carboxylic acids is 1. The molecule has 0 aliphatic rings. The molecular weight excluding hydrogens is 186 g/mol. The van der Waals surface area contributed by atoms with Gasteiger partial charge in [-0.15, -0.1) is 11.3 Å². The third-order valence-corrected chi connectivity index (χ3v) is 3.02. The molecule has 4 heteroatoms. The first-order valence-electron chi connectivity index (χ1n) is 4.36. The first kappa shape index (κ1) is 10.2. The van der Waals surface area contributed by atoms with Crippen LogP contribution in [0.3, 0.4) is 0 Å². The van der Waals surface area contributed by atoms with Gasteiger partial charge in [-0.05, 0) is 12.8 Å². The molecule has 0 fully saturated rings. The average Bonchev–Trinajstić information content (AvgIpc) is 2.45. The summed E-state index contributed by atoms with van der Waals surface area (Å²) in [6.45, 7) is 4.11. The number of aryl methyl sites for hydroxylation is 2. The fourth-order valence-corrected chi connectivity index (χ4v) is 2.28. The Balaban J connectivity index is 2.86. The lowest BCUT2D eigenvalue weighted by molar-refractivity contribution is -0.136. The molecule has 1 rings (SSSR count). The van der Waals surface area contributed by atoms with E-state index in [1.54, 1.807) is 0 Å². The first-order chi connectivity index (χ1) is 6.17. The van der Waals surface area contributed by atoms with Crippen LogP contribution in [0.25, 0.3) is 0 Å². The maximum Gasteiger partial charge on any atom is 0.310 e. The maximum absolute atomic E-state index is 10.4. The van der Waals surface area contributed by atoms with Gasteiger partial charge in [-0.1, -0.05) is 13.8 Å². The SMILES string of the molecule is CCc1nc(CC(=O)O)sc1CC. The van der Waals surface area contributed by atoms with Gasteiger partial charge >= 0.3 is 5.97 Å². The summed E-state index contributed by atoms with van der Waals surface area (Å²) < 4.78 is 0. The molecule has 0 saturated heterocycles. The second-order valence-corrected chi connectivity index (χ2v) is 3.92. The highest BCUT2D eigenvalue weighted by molar-refractivity contribution is 7.11. The molecule has 1 N–H and O–H groups in total. The van der Waals surface area contributed by atoms with Crippen molar-refractivity contribution in [3.05, 3.63) is 15.6 Å². The van der Waals surface area contributed by atoms with Gasteiger partial charge < -0.3 is 5.11 Å². The number of nitrogens with zero attached hydrogens (tertiary/aromatic N) is 1. The van der Waals surface area contributed by atoms with Crippen LogP contribution in [0.2, 0.25) is 0 Å². The fraction of sp³-hybridized carbons (Fsp3) is 0.556. The first-order valence-corrected chi connectivity index (χ1v) is 5.18. The van der Waals surface area contributed by atoms with Crippen LogP contribution in [-0.2, 0) is 24.1 Å². The lowest BCUT2D eigenvalue weighted by Crippen LogP contribution is -1.99. The fourth-order valence-electron chi connectivity index (χ4n) is 1.19. The van der Waals surface area contributed by atoms with Crippen molar-refractivity contribution < 1.29 is 9.90 Å². The number of rotatable bonds is 4. The van der Waals surface area contributed by atoms with Crippen molar-refractivity contribution in [1.29, 1.82) is 0 Å². The van der Waals surface area contributed by atoms with Crippen LogP contribution < -0.4 is 0 Å². The quantitative estimate of drug-likeness (QED) is 0.805. The third-order valence-electron chi connectivity index (χ3n) is 1.78. The molecule has 0 spiro atoms. The van der Waals surface area contributed by atoms with Crippen molar-refractivity contribution in [3.8, 4) is 0 Å². The Morgan fingerprint density at radius 3 is 2.54 bits per heavy atom. The monoisotopic (exact) mass is 199 g/mol. The molecule has 0 saturated carbocycles. The van der Waals surface area contributed by atoms with E-state index in [4.69, 9.17) is 5.11 Å². The van der Waals surface area contributed by atoms with Gasteiger partial charge in [0.05, 0.1) is 12.1 Å². The molecule has 0 radical (unpaired) electrons. The molecule has 13 heavy (non-hydrogen) atoms. The number of carboxylic acids is 1. The van der Waals surface area contributed by atoms with Gasteiger partial charge in [-0.2, -0.15) is 0 Å². The van der Waals surface area contributed by atoms with Crippen molar-refractivity contribution in [2.75, 3.05) is 0 Å². The molecule has 0 aliphatic heterocycles. The molecule has 0 aromatic carbocycles. The Labute approximate surface area is 81.4 Å².